The third-order valence-corrected chi connectivity index (χ3v) is 5.22. The average Bonchev–Trinajstić information content (AvgIpc) is 2.72. The van der Waals surface area contributed by atoms with E-state index in [0.29, 0.717) is 11.3 Å². The summed E-state index contributed by atoms with van der Waals surface area (Å²) >= 11 is 0. The number of imidazole rings is 1. The summed E-state index contributed by atoms with van der Waals surface area (Å²) in [5, 5.41) is 7.58. The van der Waals surface area contributed by atoms with Crippen LogP contribution in [0.15, 0.2) is 30.6 Å². The first kappa shape index (κ1) is 13.8. The molecule has 7 nitrogen and oxygen atoms in total. The molecule has 2 aromatic rings. The standard InChI is InChI=1S/C9H12N2O5P2/c12-9(17(13)14,18(15)16)5-7-6-10-8-3-1-2-4-11(7)8/h1-4,6,12-16H,5H2. The van der Waals surface area contributed by atoms with Gasteiger partial charge in [-0.05, 0) is 12.1 Å². The molecule has 5 N–H and O–H groups in total. The van der Waals surface area contributed by atoms with E-state index < -0.39 is 21.8 Å². The van der Waals surface area contributed by atoms with Crippen LogP contribution in [0.25, 0.3) is 5.65 Å². The van der Waals surface area contributed by atoms with Crippen molar-refractivity contribution in [3.8, 4) is 0 Å². The van der Waals surface area contributed by atoms with Crippen molar-refractivity contribution in [2.45, 2.75) is 11.5 Å². The van der Waals surface area contributed by atoms with Gasteiger partial charge in [0.25, 0.3) is 0 Å². The van der Waals surface area contributed by atoms with E-state index in [-0.39, 0.29) is 6.42 Å². The van der Waals surface area contributed by atoms with E-state index >= 15 is 0 Å². The molecular weight excluding hydrogens is 278 g/mol. The van der Waals surface area contributed by atoms with Gasteiger partial charge in [0.2, 0.25) is 21.8 Å². The van der Waals surface area contributed by atoms with E-state index in [4.69, 9.17) is 19.6 Å². The molecule has 0 saturated heterocycles. The average molecular weight is 290 g/mol. The molecular formula is C9H12N2O5P2. The first-order chi connectivity index (χ1) is 8.45. The predicted octanol–water partition coefficient (Wildman–Crippen LogP) is 0.116. The molecule has 0 bridgehead atoms. The Kier molecular flexibility index (Phi) is 3.94. The molecule has 9 heteroatoms. The maximum Gasteiger partial charge on any atom is 0.209 e. The lowest BCUT2D eigenvalue weighted by atomic mass is 10.3. The number of hydrogen-bond donors (Lipinski definition) is 5. The van der Waals surface area contributed by atoms with Gasteiger partial charge in [0.1, 0.15) is 5.65 Å². The van der Waals surface area contributed by atoms with E-state index in [9.17, 15) is 5.11 Å². The van der Waals surface area contributed by atoms with Crippen LogP contribution in [0, 0.1) is 0 Å². The van der Waals surface area contributed by atoms with Crippen LogP contribution >= 0.6 is 16.8 Å². The number of fused-ring (bicyclic) bond motifs is 1. The van der Waals surface area contributed by atoms with Crippen molar-refractivity contribution in [3.63, 3.8) is 0 Å². The van der Waals surface area contributed by atoms with Gasteiger partial charge < -0.3 is 29.1 Å². The second-order valence-corrected chi connectivity index (χ2v) is 6.70. The molecule has 0 spiro atoms. The summed E-state index contributed by atoms with van der Waals surface area (Å²) in [6.07, 6.45) is 2.82. The second-order valence-electron chi connectivity index (χ2n) is 3.71. The van der Waals surface area contributed by atoms with Crippen LogP contribution in [0.5, 0.6) is 0 Å². The van der Waals surface area contributed by atoms with E-state index in [2.05, 4.69) is 4.98 Å². The van der Waals surface area contributed by atoms with Crippen molar-refractivity contribution < 1.29 is 24.7 Å². The molecule has 98 valence electrons. The fourth-order valence-corrected chi connectivity index (χ4v) is 2.83. The molecule has 2 heterocycles. The minimum atomic E-state index is -2.90. The van der Waals surface area contributed by atoms with E-state index in [1.54, 1.807) is 28.8 Å². The fraction of sp³-hybridized carbons (Fsp3) is 0.222. The topological polar surface area (TPSA) is 118 Å². The van der Waals surface area contributed by atoms with Crippen LogP contribution < -0.4 is 0 Å². The molecule has 2 aromatic heterocycles. The normalized spacial score (nSPS) is 12.8. The Balaban J connectivity index is 2.38. The number of rotatable bonds is 4. The van der Waals surface area contributed by atoms with Gasteiger partial charge in [0.15, 0.2) is 0 Å². The molecule has 0 saturated carbocycles. The van der Waals surface area contributed by atoms with Gasteiger partial charge in [0.05, 0.1) is 0 Å². The monoisotopic (exact) mass is 290 g/mol. The number of aliphatic hydroxyl groups is 1. The molecule has 0 aliphatic carbocycles. The highest BCUT2D eigenvalue weighted by Gasteiger charge is 2.44. The third kappa shape index (κ3) is 2.39. The van der Waals surface area contributed by atoms with E-state index in [1.165, 1.54) is 6.20 Å². The van der Waals surface area contributed by atoms with Gasteiger partial charge in [-0.15, -0.1) is 0 Å². The second kappa shape index (κ2) is 5.15. The van der Waals surface area contributed by atoms with Crippen LogP contribution in [0.2, 0.25) is 0 Å². The summed E-state index contributed by atoms with van der Waals surface area (Å²) in [6, 6.07) is 5.27. The summed E-state index contributed by atoms with van der Waals surface area (Å²) in [4.78, 5) is 40.7. The fourth-order valence-electron chi connectivity index (χ4n) is 1.58. The minimum Gasteiger partial charge on any atom is -0.372 e. The van der Waals surface area contributed by atoms with E-state index in [0.717, 1.165) is 0 Å². The lowest BCUT2D eigenvalue weighted by Crippen LogP contribution is -2.27. The Morgan fingerprint density at radius 2 is 1.83 bits per heavy atom. The van der Waals surface area contributed by atoms with Crippen molar-refractivity contribution in [1.29, 1.82) is 0 Å². The Morgan fingerprint density at radius 3 is 2.44 bits per heavy atom. The van der Waals surface area contributed by atoms with Crippen molar-refractivity contribution in [3.05, 3.63) is 36.3 Å². The Labute approximate surface area is 105 Å². The van der Waals surface area contributed by atoms with E-state index in [1.807, 2.05) is 0 Å². The molecule has 0 amide bonds. The van der Waals surface area contributed by atoms with Crippen LogP contribution in [0.4, 0.5) is 0 Å². The van der Waals surface area contributed by atoms with Gasteiger partial charge in [0, 0.05) is 24.5 Å². The highest BCUT2D eigenvalue weighted by atomic mass is 31.2. The molecule has 0 fully saturated rings. The predicted molar refractivity (Wildman–Crippen MR) is 66.6 cm³/mol. The maximum atomic E-state index is 9.91. The first-order valence-electron chi connectivity index (χ1n) is 4.94. The van der Waals surface area contributed by atoms with Gasteiger partial charge in [-0.2, -0.15) is 0 Å². The largest absolute Gasteiger partial charge is 0.372 e. The van der Waals surface area contributed by atoms with Crippen molar-refractivity contribution in [2.75, 3.05) is 0 Å². The highest BCUT2D eigenvalue weighted by molar-refractivity contribution is 7.65. The number of hydrogen-bond acceptors (Lipinski definition) is 6. The summed E-state index contributed by atoms with van der Waals surface area (Å²) < 4.78 is 1.63. The van der Waals surface area contributed by atoms with Crippen LogP contribution in [0.3, 0.4) is 0 Å². The van der Waals surface area contributed by atoms with Crippen molar-refractivity contribution in [2.24, 2.45) is 0 Å². The summed E-state index contributed by atoms with van der Waals surface area (Å²) in [5.74, 6) is 0. The molecule has 0 unspecified atom stereocenters. The lowest BCUT2D eigenvalue weighted by Gasteiger charge is -2.28. The maximum absolute atomic E-state index is 9.91. The number of nitrogens with zero attached hydrogens (tertiary/aromatic N) is 2. The summed E-state index contributed by atoms with van der Waals surface area (Å²) in [6.45, 7) is 0. The molecule has 0 aliphatic rings. The van der Waals surface area contributed by atoms with Crippen LogP contribution in [-0.2, 0) is 6.42 Å². The first-order valence-corrected chi connectivity index (χ1v) is 7.44. The lowest BCUT2D eigenvalue weighted by molar-refractivity contribution is 0.165. The zero-order valence-electron chi connectivity index (χ0n) is 9.12. The molecule has 18 heavy (non-hydrogen) atoms. The summed E-state index contributed by atoms with van der Waals surface area (Å²) in [7, 11) is -5.80. The highest BCUT2D eigenvalue weighted by Crippen LogP contribution is 2.59. The Bertz CT molecular complexity index is 536. The SMILES string of the molecule is OP(O)C(O)(Cc1cnc2ccccn12)P(O)O. The van der Waals surface area contributed by atoms with Crippen LogP contribution in [-0.4, -0.2) is 39.1 Å². The zero-order valence-corrected chi connectivity index (χ0v) is 10.9. The molecule has 0 aliphatic heterocycles. The smallest absolute Gasteiger partial charge is 0.209 e. The molecule has 2 rings (SSSR count). The minimum absolute atomic E-state index is 0.310. The van der Waals surface area contributed by atoms with Gasteiger partial charge >= 0.3 is 0 Å². The Morgan fingerprint density at radius 1 is 1.17 bits per heavy atom. The van der Waals surface area contributed by atoms with Gasteiger partial charge in [-0.3, -0.25) is 0 Å². The van der Waals surface area contributed by atoms with Crippen molar-refractivity contribution in [1.82, 2.24) is 9.38 Å². The number of aromatic nitrogens is 2. The Hall–Kier alpha value is -0.650. The molecule has 0 aromatic carbocycles. The third-order valence-electron chi connectivity index (χ3n) is 2.55. The molecule has 0 radical (unpaired) electrons. The van der Waals surface area contributed by atoms with Crippen molar-refractivity contribution >= 4 is 22.4 Å². The zero-order chi connectivity index (χ0) is 13.3. The van der Waals surface area contributed by atoms with Gasteiger partial charge in [-0.1, -0.05) is 6.07 Å². The molecule has 0 atom stereocenters. The number of pyridine rings is 1. The summed E-state index contributed by atoms with van der Waals surface area (Å²) in [5.41, 5.74) is 1.08. The van der Waals surface area contributed by atoms with Crippen LogP contribution in [0.1, 0.15) is 5.69 Å². The van der Waals surface area contributed by atoms with Gasteiger partial charge in [-0.25, -0.2) is 4.98 Å². The quantitative estimate of drug-likeness (QED) is 0.510.